The summed E-state index contributed by atoms with van der Waals surface area (Å²) in [4.78, 5) is 24.3. The number of aliphatic hydroxyl groups excluding tert-OH is 1. The van der Waals surface area contributed by atoms with Gasteiger partial charge in [-0.25, -0.2) is 14.0 Å². The Labute approximate surface area is 114 Å². The number of nitrogens with zero attached hydrogens (tertiary/aromatic N) is 2. The van der Waals surface area contributed by atoms with Gasteiger partial charge in [0.25, 0.3) is 0 Å². The average Bonchev–Trinajstić information content (AvgIpc) is 2.80. The predicted octanol–water partition coefficient (Wildman–Crippen LogP) is 1.29. The van der Waals surface area contributed by atoms with Crippen molar-refractivity contribution in [1.29, 1.82) is 0 Å². The Morgan fingerprint density at radius 2 is 1.95 bits per heavy atom. The molecular weight excluding hydrogens is 272 g/mol. The van der Waals surface area contributed by atoms with Gasteiger partial charge in [-0.2, -0.15) is 0 Å². The largest absolute Gasteiger partial charge is 0.480 e. The number of hydrogen-bond acceptors (Lipinski definition) is 3. The summed E-state index contributed by atoms with van der Waals surface area (Å²) < 4.78 is 0.855. The van der Waals surface area contributed by atoms with E-state index < -0.39 is 24.1 Å². The Balaban J connectivity index is 2.17. The van der Waals surface area contributed by atoms with E-state index in [-0.39, 0.29) is 13.0 Å². The fraction of sp³-hybridized carbons (Fsp3) is 0.333. The summed E-state index contributed by atoms with van der Waals surface area (Å²) in [5.74, 6) is -1.15. The molecule has 2 unspecified atom stereocenters. The van der Waals surface area contributed by atoms with Gasteiger partial charge < -0.3 is 15.1 Å². The molecule has 2 rings (SSSR count). The van der Waals surface area contributed by atoms with Crippen LogP contribution >= 0.6 is 11.8 Å². The molecule has 1 aliphatic heterocycles. The number of anilines is 1. The third kappa shape index (κ3) is 2.80. The van der Waals surface area contributed by atoms with E-state index >= 15 is 0 Å². The van der Waals surface area contributed by atoms with E-state index in [4.69, 9.17) is 16.9 Å². The van der Waals surface area contributed by atoms with Crippen LogP contribution in [-0.2, 0) is 4.79 Å². The summed E-state index contributed by atoms with van der Waals surface area (Å²) in [6.45, 7) is -0.0359. The first-order valence-electron chi connectivity index (χ1n) is 5.73. The van der Waals surface area contributed by atoms with E-state index in [1.807, 2.05) is 0 Å². The second kappa shape index (κ2) is 5.46. The lowest BCUT2D eigenvalue weighted by Gasteiger charge is -2.25. The Kier molecular flexibility index (Phi) is 3.92. The van der Waals surface area contributed by atoms with Crippen LogP contribution in [0.25, 0.3) is 0 Å². The van der Waals surface area contributed by atoms with E-state index in [0.29, 0.717) is 5.69 Å². The molecule has 1 aromatic carbocycles. The van der Waals surface area contributed by atoms with Crippen molar-refractivity contribution in [1.82, 2.24) is 4.90 Å². The molecule has 1 heterocycles. The fourth-order valence-corrected chi connectivity index (χ4v) is 2.25. The van der Waals surface area contributed by atoms with Crippen molar-refractivity contribution in [3.63, 3.8) is 0 Å². The standard InChI is InChI=1S/C12H13ClN2O4/c13-15(8-4-2-1-3-5-8)12(19)14-7-9(16)6-10(14)11(17)18/h1-5,9-10,16H,6-7H2,(H,17,18). The third-order valence-corrected chi connectivity index (χ3v) is 3.30. The Morgan fingerprint density at radius 3 is 2.53 bits per heavy atom. The molecule has 0 radical (unpaired) electrons. The van der Waals surface area contributed by atoms with E-state index in [1.165, 1.54) is 0 Å². The number of likely N-dealkylation sites (tertiary alicyclic amines) is 1. The molecule has 1 fully saturated rings. The van der Waals surface area contributed by atoms with Crippen LogP contribution in [0.3, 0.4) is 0 Å². The second-order valence-corrected chi connectivity index (χ2v) is 4.63. The summed E-state index contributed by atoms with van der Waals surface area (Å²) in [5.41, 5.74) is 0.444. The highest BCUT2D eigenvalue weighted by Gasteiger charge is 2.40. The molecule has 0 spiro atoms. The highest BCUT2D eigenvalue weighted by atomic mass is 35.5. The normalized spacial score (nSPS) is 22.3. The Bertz CT molecular complexity index is 482. The first-order chi connectivity index (χ1) is 9.00. The summed E-state index contributed by atoms with van der Waals surface area (Å²) in [6, 6.07) is 6.76. The molecule has 6 nitrogen and oxygen atoms in total. The quantitative estimate of drug-likeness (QED) is 0.802. The molecule has 1 aliphatic rings. The molecule has 19 heavy (non-hydrogen) atoms. The number of benzene rings is 1. The molecule has 2 N–H and O–H groups in total. The van der Waals surface area contributed by atoms with Gasteiger partial charge >= 0.3 is 12.0 Å². The molecule has 0 bridgehead atoms. The number of halogens is 1. The molecule has 1 saturated heterocycles. The number of carboxylic acid groups (broad SMARTS) is 1. The molecule has 102 valence electrons. The number of para-hydroxylation sites is 1. The van der Waals surface area contributed by atoms with Crippen LogP contribution in [-0.4, -0.2) is 45.8 Å². The molecule has 0 aromatic heterocycles. The number of carboxylic acids is 1. The van der Waals surface area contributed by atoms with Crippen LogP contribution in [0, 0.1) is 0 Å². The highest BCUT2D eigenvalue weighted by Crippen LogP contribution is 2.24. The topological polar surface area (TPSA) is 81.1 Å². The van der Waals surface area contributed by atoms with Crippen molar-refractivity contribution in [3.05, 3.63) is 30.3 Å². The van der Waals surface area contributed by atoms with Crippen LogP contribution in [0.1, 0.15) is 6.42 Å². The first-order valence-corrected chi connectivity index (χ1v) is 6.07. The number of aliphatic carboxylic acids is 1. The van der Waals surface area contributed by atoms with E-state index in [9.17, 15) is 14.7 Å². The number of carbonyl (C=O) groups excluding carboxylic acids is 1. The smallest absolute Gasteiger partial charge is 0.340 e. The number of hydrogen-bond donors (Lipinski definition) is 2. The summed E-state index contributed by atoms with van der Waals surface area (Å²) in [7, 11) is 0. The summed E-state index contributed by atoms with van der Waals surface area (Å²) in [6.07, 6.45) is -0.827. The molecule has 0 saturated carbocycles. The van der Waals surface area contributed by atoms with Crippen LogP contribution in [0.2, 0.25) is 0 Å². The zero-order valence-electron chi connectivity index (χ0n) is 9.94. The number of urea groups is 1. The fourth-order valence-electron chi connectivity index (χ4n) is 2.04. The minimum atomic E-state index is -1.15. The lowest BCUT2D eigenvalue weighted by atomic mass is 10.2. The molecule has 2 atom stereocenters. The predicted molar refractivity (Wildman–Crippen MR) is 68.9 cm³/mol. The van der Waals surface area contributed by atoms with Crippen LogP contribution in [0.5, 0.6) is 0 Å². The number of aliphatic hydroxyl groups is 1. The zero-order valence-corrected chi connectivity index (χ0v) is 10.7. The number of amides is 2. The summed E-state index contributed by atoms with van der Waals surface area (Å²) >= 11 is 5.92. The maximum Gasteiger partial charge on any atom is 0.340 e. The lowest BCUT2D eigenvalue weighted by molar-refractivity contribution is -0.141. The first kappa shape index (κ1) is 13.6. The highest BCUT2D eigenvalue weighted by molar-refractivity contribution is 6.36. The maximum atomic E-state index is 12.2. The van der Waals surface area contributed by atoms with Gasteiger partial charge in [-0.05, 0) is 12.1 Å². The minimum absolute atomic E-state index is 0.0145. The van der Waals surface area contributed by atoms with Crippen LogP contribution in [0.15, 0.2) is 30.3 Å². The van der Waals surface area contributed by atoms with E-state index in [2.05, 4.69) is 0 Å². The maximum absolute atomic E-state index is 12.2. The monoisotopic (exact) mass is 284 g/mol. The van der Waals surface area contributed by atoms with Gasteiger partial charge in [0.05, 0.1) is 11.8 Å². The Morgan fingerprint density at radius 1 is 1.32 bits per heavy atom. The number of β-amino-alcohol motifs (C(OH)–C–C–N with tert-alkyl or cyclic N) is 1. The van der Waals surface area contributed by atoms with Crippen molar-refractivity contribution < 1.29 is 19.8 Å². The second-order valence-electron chi connectivity index (χ2n) is 4.29. The van der Waals surface area contributed by atoms with Gasteiger partial charge in [-0.1, -0.05) is 18.2 Å². The molecule has 7 heteroatoms. The van der Waals surface area contributed by atoms with Crippen molar-refractivity contribution in [2.75, 3.05) is 11.0 Å². The van der Waals surface area contributed by atoms with Crippen molar-refractivity contribution in [3.8, 4) is 0 Å². The van der Waals surface area contributed by atoms with Crippen molar-refractivity contribution in [2.24, 2.45) is 0 Å². The third-order valence-electron chi connectivity index (χ3n) is 2.96. The molecule has 2 amide bonds. The Hall–Kier alpha value is -1.79. The van der Waals surface area contributed by atoms with E-state index in [0.717, 1.165) is 9.32 Å². The van der Waals surface area contributed by atoms with Gasteiger partial charge in [-0.15, -0.1) is 0 Å². The van der Waals surface area contributed by atoms with Gasteiger partial charge in [-0.3, -0.25) is 0 Å². The zero-order chi connectivity index (χ0) is 14.0. The van der Waals surface area contributed by atoms with Crippen molar-refractivity contribution >= 4 is 29.5 Å². The average molecular weight is 285 g/mol. The molecule has 1 aromatic rings. The molecular formula is C12H13ClN2O4. The van der Waals surface area contributed by atoms with Gasteiger partial charge in [0.15, 0.2) is 0 Å². The minimum Gasteiger partial charge on any atom is -0.480 e. The summed E-state index contributed by atoms with van der Waals surface area (Å²) in [5, 5.41) is 18.5. The lowest BCUT2D eigenvalue weighted by Crippen LogP contribution is -2.45. The van der Waals surface area contributed by atoms with Crippen molar-refractivity contribution in [2.45, 2.75) is 18.6 Å². The van der Waals surface area contributed by atoms with Crippen LogP contribution < -0.4 is 4.42 Å². The van der Waals surface area contributed by atoms with E-state index in [1.54, 1.807) is 30.3 Å². The molecule has 0 aliphatic carbocycles. The van der Waals surface area contributed by atoms with Gasteiger partial charge in [0, 0.05) is 24.7 Å². The van der Waals surface area contributed by atoms with Crippen LogP contribution in [0.4, 0.5) is 10.5 Å². The SMILES string of the molecule is O=C(O)C1CC(O)CN1C(=O)N(Cl)c1ccccc1. The van der Waals surface area contributed by atoms with Gasteiger partial charge in [0.1, 0.15) is 6.04 Å². The van der Waals surface area contributed by atoms with Gasteiger partial charge in [0.2, 0.25) is 0 Å². The number of rotatable bonds is 2. The number of carbonyl (C=O) groups is 2.